The van der Waals surface area contributed by atoms with E-state index in [1.165, 1.54) is 16.1 Å². The Morgan fingerprint density at radius 1 is 1.13 bits per heavy atom. The minimum atomic E-state index is 0.706. The van der Waals surface area contributed by atoms with Crippen molar-refractivity contribution in [2.24, 2.45) is 0 Å². The average molecular weight is 346 g/mol. The number of nitrogens with one attached hydrogen (secondary N) is 1. The van der Waals surface area contributed by atoms with Gasteiger partial charge in [0.05, 0.1) is 12.2 Å². The van der Waals surface area contributed by atoms with E-state index in [2.05, 4.69) is 41.8 Å². The number of aryl methyl sites for hydroxylation is 1. The molecule has 0 aliphatic carbocycles. The molecule has 0 fully saturated rings. The molecule has 3 aromatic rings. The standard InChI is InChI=1S/C18H20ClN3S/c1-13-17(11-20-10-16-7-5-9-23-16)14(2)22(21-13)12-15-6-3-4-8-18(15)19/h3-9,20H,10-12H2,1-2H3. The van der Waals surface area contributed by atoms with Gasteiger partial charge in [0, 0.05) is 34.2 Å². The molecule has 0 amide bonds. The monoisotopic (exact) mass is 345 g/mol. The molecular weight excluding hydrogens is 326 g/mol. The average Bonchev–Trinajstić information content (AvgIpc) is 3.13. The maximum Gasteiger partial charge on any atom is 0.0677 e. The Morgan fingerprint density at radius 3 is 2.70 bits per heavy atom. The summed E-state index contributed by atoms with van der Waals surface area (Å²) in [6.45, 7) is 6.62. The maximum absolute atomic E-state index is 6.26. The van der Waals surface area contributed by atoms with Gasteiger partial charge in [-0.25, -0.2) is 0 Å². The molecule has 0 atom stereocenters. The van der Waals surface area contributed by atoms with Crippen molar-refractivity contribution in [2.45, 2.75) is 33.5 Å². The number of hydrogen-bond acceptors (Lipinski definition) is 3. The quantitative estimate of drug-likeness (QED) is 0.710. The first-order valence-corrected chi connectivity index (χ1v) is 8.90. The van der Waals surface area contributed by atoms with E-state index in [1.54, 1.807) is 11.3 Å². The molecule has 0 aliphatic rings. The third kappa shape index (κ3) is 3.83. The summed E-state index contributed by atoms with van der Waals surface area (Å²) in [5.41, 5.74) is 4.64. The molecule has 3 nitrogen and oxygen atoms in total. The fourth-order valence-electron chi connectivity index (χ4n) is 2.66. The number of thiophene rings is 1. The fourth-order valence-corrected chi connectivity index (χ4v) is 3.53. The zero-order valence-corrected chi connectivity index (χ0v) is 14.9. The molecule has 0 radical (unpaired) electrons. The van der Waals surface area contributed by atoms with E-state index in [-0.39, 0.29) is 0 Å². The van der Waals surface area contributed by atoms with Crippen molar-refractivity contribution in [1.29, 1.82) is 0 Å². The normalized spacial score (nSPS) is 11.1. The molecule has 23 heavy (non-hydrogen) atoms. The van der Waals surface area contributed by atoms with Gasteiger partial charge in [0.15, 0.2) is 0 Å². The number of hydrogen-bond donors (Lipinski definition) is 1. The predicted molar refractivity (Wildman–Crippen MR) is 97.1 cm³/mol. The maximum atomic E-state index is 6.26. The molecule has 0 aliphatic heterocycles. The first-order valence-electron chi connectivity index (χ1n) is 7.64. The van der Waals surface area contributed by atoms with Crippen molar-refractivity contribution in [3.63, 3.8) is 0 Å². The van der Waals surface area contributed by atoms with E-state index in [9.17, 15) is 0 Å². The molecule has 5 heteroatoms. The first kappa shape index (κ1) is 16.2. The van der Waals surface area contributed by atoms with Crippen LogP contribution in [0.15, 0.2) is 41.8 Å². The van der Waals surface area contributed by atoms with Crippen LogP contribution < -0.4 is 5.32 Å². The van der Waals surface area contributed by atoms with Crippen LogP contribution in [-0.4, -0.2) is 9.78 Å². The summed E-state index contributed by atoms with van der Waals surface area (Å²) in [6, 6.07) is 12.2. The smallest absolute Gasteiger partial charge is 0.0677 e. The molecule has 120 valence electrons. The van der Waals surface area contributed by atoms with Crippen molar-refractivity contribution in [2.75, 3.05) is 0 Å². The number of rotatable bonds is 6. The minimum absolute atomic E-state index is 0.706. The van der Waals surface area contributed by atoms with E-state index in [1.807, 2.05) is 28.9 Å². The van der Waals surface area contributed by atoms with Gasteiger partial charge in [-0.1, -0.05) is 35.9 Å². The molecule has 3 rings (SSSR count). The van der Waals surface area contributed by atoms with Crippen molar-refractivity contribution >= 4 is 22.9 Å². The SMILES string of the molecule is Cc1nn(Cc2ccccc2Cl)c(C)c1CNCc1cccs1. The Hall–Kier alpha value is -1.62. The summed E-state index contributed by atoms with van der Waals surface area (Å²) < 4.78 is 2.04. The number of halogens is 1. The van der Waals surface area contributed by atoms with Crippen LogP contribution in [0.1, 0.15) is 27.4 Å². The Morgan fingerprint density at radius 2 is 1.96 bits per heavy atom. The predicted octanol–water partition coefficient (Wildman–Crippen LogP) is 4.55. The van der Waals surface area contributed by atoms with Crippen molar-refractivity contribution in [3.05, 3.63) is 74.2 Å². The van der Waals surface area contributed by atoms with Crippen LogP contribution in [-0.2, 0) is 19.6 Å². The van der Waals surface area contributed by atoms with Gasteiger partial charge in [0.2, 0.25) is 0 Å². The Balaban J connectivity index is 1.70. The first-order chi connectivity index (χ1) is 11.1. The molecule has 1 N–H and O–H groups in total. The van der Waals surface area contributed by atoms with Crippen LogP contribution in [0.5, 0.6) is 0 Å². The van der Waals surface area contributed by atoms with E-state index in [4.69, 9.17) is 11.6 Å². The van der Waals surface area contributed by atoms with Gasteiger partial charge in [-0.3, -0.25) is 4.68 Å². The van der Waals surface area contributed by atoms with Crippen LogP contribution >= 0.6 is 22.9 Å². The molecule has 0 bridgehead atoms. The third-order valence-corrected chi connectivity index (χ3v) is 5.24. The number of nitrogens with zero attached hydrogens (tertiary/aromatic N) is 2. The Bertz CT molecular complexity index is 778. The number of benzene rings is 1. The lowest BCUT2D eigenvalue weighted by Crippen LogP contribution is -2.13. The Labute approximate surface area is 145 Å². The molecule has 0 saturated heterocycles. The third-order valence-electron chi connectivity index (χ3n) is 3.99. The highest BCUT2D eigenvalue weighted by atomic mass is 35.5. The lowest BCUT2D eigenvalue weighted by atomic mass is 10.2. The van der Waals surface area contributed by atoms with E-state index < -0.39 is 0 Å². The van der Waals surface area contributed by atoms with Crippen LogP contribution in [0.2, 0.25) is 5.02 Å². The highest BCUT2D eigenvalue weighted by Crippen LogP contribution is 2.19. The van der Waals surface area contributed by atoms with Crippen molar-refractivity contribution in [3.8, 4) is 0 Å². The second-order valence-electron chi connectivity index (χ2n) is 5.58. The molecule has 2 heterocycles. The topological polar surface area (TPSA) is 29.9 Å². The summed E-state index contributed by atoms with van der Waals surface area (Å²) in [4.78, 5) is 1.35. The summed E-state index contributed by atoms with van der Waals surface area (Å²) in [7, 11) is 0. The van der Waals surface area contributed by atoms with Crippen molar-refractivity contribution < 1.29 is 0 Å². The minimum Gasteiger partial charge on any atom is -0.308 e. The van der Waals surface area contributed by atoms with Gasteiger partial charge in [-0.15, -0.1) is 11.3 Å². The highest BCUT2D eigenvalue weighted by Gasteiger charge is 2.12. The summed E-state index contributed by atoms with van der Waals surface area (Å²) in [5, 5.41) is 11.1. The second-order valence-corrected chi connectivity index (χ2v) is 7.02. The lowest BCUT2D eigenvalue weighted by molar-refractivity contribution is 0.654. The van der Waals surface area contributed by atoms with Gasteiger partial charge in [0.1, 0.15) is 0 Å². The largest absolute Gasteiger partial charge is 0.308 e. The molecule has 0 saturated carbocycles. The van der Waals surface area contributed by atoms with E-state index >= 15 is 0 Å². The zero-order chi connectivity index (χ0) is 16.2. The molecule has 0 spiro atoms. The van der Waals surface area contributed by atoms with Gasteiger partial charge in [0.25, 0.3) is 0 Å². The van der Waals surface area contributed by atoms with Gasteiger partial charge in [-0.05, 0) is 36.9 Å². The zero-order valence-electron chi connectivity index (χ0n) is 13.3. The van der Waals surface area contributed by atoms with Gasteiger partial charge >= 0.3 is 0 Å². The summed E-state index contributed by atoms with van der Waals surface area (Å²) >= 11 is 8.04. The molecule has 0 unspecified atom stereocenters. The lowest BCUT2D eigenvalue weighted by Gasteiger charge is -2.08. The molecule has 2 aromatic heterocycles. The van der Waals surface area contributed by atoms with Crippen LogP contribution in [0.25, 0.3) is 0 Å². The fraction of sp³-hybridized carbons (Fsp3) is 0.278. The summed E-state index contributed by atoms with van der Waals surface area (Å²) in [6.07, 6.45) is 0. The van der Waals surface area contributed by atoms with E-state index in [0.717, 1.165) is 29.4 Å². The second kappa shape index (κ2) is 7.30. The van der Waals surface area contributed by atoms with Crippen LogP contribution in [0.3, 0.4) is 0 Å². The van der Waals surface area contributed by atoms with Crippen molar-refractivity contribution in [1.82, 2.24) is 15.1 Å². The highest BCUT2D eigenvalue weighted by molar-refractivity contribution is 7.09. The summed E-state index contributed by atoms with van der Waals surface area (Å²) in [5.74, 6) is 0. The Kier molecular flexibility index (Phi) is 5.16. The molecular formula is C18H20ClN3S. The molecule has 1 aromatic carbocycles. The van der Waals surface area contributed by atoms with Gasteiger partial charge < -0.3 is 5.32 Å². The van der Waals surface area contributed by atoms with E-state index in [0.29, 0.717) is 6.54 Å². The van der Waals surface area contributed by atoms with Gasteiger partial charge in [-0.2, -0.15) is 5.10 Å². The van der Waals surface area contributed by atoms with Crippen LogP contribution in [0.4, 0.5) is 0 Å². The van der Waals surface area contributed by atoms with Crippen LogP contribution in [0, 0.1) is 13.8 Å². The number of aromatic nitrogens is 2.